The second-order valence-electron chi connectivity index (χ2n) is 31.5. The molecule has 0 bridgehead atoms. The maximum Gasteiger partial charge on any atom is 0.401 e. The van der Waals surface area contributed by atoms with Crippen LogP contribution in [0.5, 0.6) is 0 Å². The molecular formula is C99H94B4N8O4+4. The van der Waals surface area contributed by atoms with E-state index < -0.39 is 0 Å². The second-order valence-corrected chi connectivity index (χ2v) is 31.5. The number of allylic oxidation sites excluding steroid dienone is 4. The fourth-order valence-corrected chi connectivity index (χ4v) is 18.2. The predicted molar refractivity (Wildman–Crippen MR) is 481 cm³/mol. The number of aromatic nitrogens is 4. The zero-order valence-corrected chi connectivity index (χ0v) is 68.3. The van der Waals surface area contributed by atoms with E-state index in [0.717, 1.165) is 67.6 Å². The molecule has 0 radical (unpaired) electrons. The largest absolute Gasteiger partial charge is 0.455 e. The van der Waals surface area contributed by atoms with Gasteiger partial charge in [0.15, 0.2) is 53.0 Å². The smallest absolute Gasteiger partial charge is 0.401 e. The Balaban J connectivity index is 0.000000111. The molecule has 4 aliphatic rings. The Morgan fingerprint density at radius 1 is 0.270 bits per heavy atom. The van der Waals surface area contributed by atoms with Gasteiger partial charge in [0.05, 0.1) is 17.1 Å². The summed E-state index contributed by atoms with van der Waals surface area (Å²) in [6.07, 6.45) is 17.8. The van der Waals surface area contributed by atoms with Gasteiger partial charge in [0.2, 0.25) is 0 Å². The molecule has 0 amide bonds. The number of nitrogens with zero attached hydrogens (tertiary/aromatic N) is 8. The average Bonchev–Trinajstić information content (AvgIpc) is 1.18. The molecule has 16 aromatic rings. The van der Waals surface area contributed by atoms with Crippen molar-refractivity contribution in [2.75, 3.05) is 47.4 Å². The summed E-state index contributed by atoms with van der Waals surface area (Å²) in [7, 11) is 17.2. The van der Waals surface area contributed by atoms with E-state index in [1.54, 1.807) is 0 Å². The van der Waals surface area contributed by atoms with Crippen LogP contribution in [0.2, 0.25) is 0 Å². The van der Waals surface area contributed by atoms with Gasteiger partial charge in [0.1, 0.15) is 67.8 Å². The first kappa shape index (κ1) is 74.7. The highest BCUT2D eigenvalue weighted by atomic mass is 16.4. The molecule has 8 aromatic heterocycles. The molecule has 0 fully saturated rings. The standard InChI is InChI=1S/3C25H24BN2O.C24H22BN2O/c1-17-16-27(3)24(15-21(17)19-10-6-5-7-11-19)26-18(2)14-23-25(28(26)4)20-12-8-9-13-22(20)29-23;1-17-14-24(27(3)16-21(17)19-10-6-5-7-11-19)26-18(2)15-23-25(28(26)4)20-12-8-9-13-22(20)29-23;1-17-14-24(27(3)16-22(17)19-10-6-5-7-11-19)26-18(2)15-21-20-12-8-9-13-23(20)29-25(21)28(26)4;1-17-15-22-24(20-11-7-8-12-21(20)28-22)27(3)25(17)23-16-19(13-14-26(23)2)18-9-5-4-6-10-18/h3*5-16H,1-4H3;4-16H,1-3H3/q4*+1. The van der Waals surface area contributed by atoms with Crippen LogP contribution < -0.4 is 59.9 Å². The summed E-state index contributed by atoms with van der Waals surface area (Å²) in [5.41, 5.74) is 32.5. The van der Waals surface area contributed by atoms with E-state index in [2.05, 4.69) is 392 Å². The van der Waals surface area contributed by atoms with E-state index >= 15 is 0 Å². The molecule has 562 valence electrons. The number of hydrogen-bond donors (Lipinski definition) is 0. The topological polar surface area (TPSA) is 81.0 Å². The highest BCUT2D eigenvalue weighted by molar-refractivity contribution is 6.84. The normalized spacial score (nSPS) is 13.6. The van der Waals surface area contributed by atoms with Crippen molar-refractivity contribution < 1.29 is 35.9 Å². The van der Waals surface area contributed by atoms with Crippen LogP contribution in [0.4, 0.5) is 22.9 Å². The van der Waals surface area contributed by atoms with Crippen LogP contribution in [-0.2, 0) is 28.2 Å². The lowest BCUT2D eigenvalue weighted by molar-refractivity contribution is -0.654. The Labute approximate surface area is 676 Å². The number of anilines is 4. The van der Waals surface area contributed by atoms with E-state index in [4.69, 9.17) is 17.7 Å². The third-order valence-electron chi connectivity index (χ3n) is 23.7. The van der Waals surface area contributed by atoms with Crippen LogP contribution >= 0.6 is 0 Å². The summed E-state index contributed by atoms with van der Waals surface area (Å²) < 4.78 is 33.6. The lowest BCUT2D eigenvalue weighted by atomic mass is 9.49. The van der Waals surface area contributed by atoms with E-state index in [9.17, 15) is 0 Å². The molecule has 12 heterocycles. The van der Waals surface area contributed by atoms with Crippen LogP contribution in [0.1, 0.15) is 67.2 Å². The monoisotopic (exact) mass is 1500 g/mol. The average molecular weight is 1500 g/mol. The van der Waals surface area contributed by atoms with Crippen LogP contribution in [0.25, 0.3) is 113 Å². The van der Waals surface area contributed by atoms with Crippen molar-refractivity contribution in [1.82, 2.24) is 0 Å². The van der Waals surface area contributed by atoms with Crippen LogP contribution in [0.15, 0.2) is 313 Å². The molecule has 0 atom stereocenters. The fraction of sp³-hybridized carbons (Fsp3) is 0.152. The first-order chi connectivity index (χ1) is 55.8. The molecule has 12 nitrogen and oxygen atoms in total. The number of furan rings is 4. The molecule has 8 aromatic carbocycles. The van der Waals surface area contributed by atoms with Gasteiger partial charge in [-0.2, -0.15) is 0 Å². The van der Waals surface area contributed by atoms with Crippen molar-refractivity contribution in [3.05, 3.63) is 335 Å². The van der Waals surface area contributed by atoms with Crippen molar-refractivity contribution in [1.29, 1.82) is 0 Å². The van der Waals surface area contributed by atoms with Gasteiger partial charge in [-0.1, -0.05) is 204 Å². The maximum atomic E-state index is 6.24. The zero-order valence-electron chi connectivity index (χ0n) is 68.3. The summed E-state index contributed by atoms with van der Waals surface area (Å²) in [5.74, 6) is 3.77. The molecule has 115 heavy (non-hydrogen) atoms. The minimum absolute atomic E-state index is 0.136. The number of rotatable bonds is 8. The van der Waals surface area contributed by atoms with Crippen molar-refractivity contribution in [2.24, 2.45) is 28.2 Å². The molecule has 0 saturated carbocycles. The Bertz CT molecular complexity index is 6550. The quantitative estimate of drug-likeness (QED) is 0.110. The third-order valence-corrected chi connectivity index (χ3v) is 23.7. The Hall–Kier alpha value is -13.1. The number of hydrogen-bond acceptors (Lipinski definition) is 8. The van der Waals surface area contributed by atoms with E-state index in [-0.39, 0.29) is 27.4 Å². The molecule has 4 aliphatic heterocycles. The first-order valence-electron chi connectivity index (χ1n) is 39.7. The molecule has 0 spiro atoms. The van der Waals surface area contributed by atoms with Gasteiger partial charge in [0, 0.05) is 74.1 Å². The zero-order chi connectivity index (χ0) is 79.6. The van der Waals surface area contributed by atoms with E-state index in [0.29, 0.717) is 0 Å². The van der Waals surface area contributed by atoms with Crippen molar-refractivity contribution in [2.45, 2.75) is 48.5 Å². The summed E-state index contributed by atoms with van der Waals surface area (Å²) in [4.78, 5) is 9.33. The minimum Gasteiger partial charge on any atom is -0.455 e. The number of aryl methyl sites for hydroxylation is 7. The summed E-state index contributed by atoms with van der Waals surface area (Å²) in [6, 6.07) is 86.9. The van der Waals surface area contributed by atoms with Gasteiger partial charge < -0.3 is 36.9 Å². The van der Waals surface area contributed by atoms with Crippen LogP contribution in [0, 0.1) is 20.8 Å². The molecular weight excluding hydrogens is 1410 g/mol. The number of pyridine rings is 4. The van der Waals surface area contributed by atoms with Crippen molar-refractivity contribution in [3.8, 4) is 44.5 Å². The van der Waals surface area contributed by atoms with Gasteiger partial charge in [-0.3, -0.25) is 0 Å². The lowest BCUT2D eigenvalue weighted by Gasteiger charge is -2.29. The maximum absolute atomic E-state index is 6.24. The van der Waals surface area contributed by atoms with E-state index in [1.807, 2.05) is 48.5 Å². The molecule has 0 saturated heterocycles. The van der Waals surface area contributed by atoms with Gasteiger partial charge in [-0.15, -0.1) is 0 Å². The van der Waals surface area contributed by atoms with Gasteiger partial charge >= 0.3 is 27.4 Å². The van der Waals surface area contributed by atoms with Crippen molar-refractivity contribution in [3.63, 3.8) is 0 Å². The second kappa shape index (κ2) is 30.8. The van der Waals surface area contributed by atoms with Gasteiger partial charge in [-0.05, 0) is 182 Å². The Kier molecular flexibility index (Phi) is 20.0. The van der Waals surface area contributed by atoms with Crippen LogP contribution in [0.3, 0.4) is 0 Å². The van der Waals surface area contributed by atoms with Gasteiger partial charge in [-0.25, -0.2) is 18.3 Å². The lowest BCUT2D eigenvalue weighted by Crippen LogP contribution is -2.62. The summed E-state index contributed by atoms with van der Waals surface area (Å²) in [5, 5.41) is 4.67. The predicted octanol–water partition coefficient (Wildman–Crippen LogP) is 17.8. The molecule has 16 heteroatoms. The Morgan fingerprint density at radius 2 is 0.591 bits per heavy atom. The number of benzene rings is 8. The Morgan fingerprint density at radius 3 is 1.01 bits per heavy atom. The first-order valence-corrected chi connectivity index (χ1v) is 39.7. The third kappa shape index (κ3) is 13.8. The SMILES string of the molecule is CC1=Cc2c(oc3ccccc23)N(C)B1c1cc(C)c(-c2ccccc2)c[n+]1C.CC1=Cc2oc3ccccc3c2N(C)B1c1cc(-c2ccccc2)c(C)c[n+]1C.CC1=Cc2oc3ccccc3c2N(C)B1c1cc(-c2ccccc2)cc[n+]1C.CC1=Cc2oc3ccccc3c2N(C)B1c1cc(C)c(-c2ccccc2)c[n+]1C. The molecule has 0 unspecified atom stereocenters. The minimum atomic E-state index is 0.136. The van der Waals surface area contributed by atoms with Crippen molar-refractivity contribution >= 4 is 141 Å². The molecule has 0 N–H and O–H groups in total. The summed E-state index contributed by atoms with van der Waals surface area (Å²) in [6.45, 7) is 16.0. The summed E-state index contributed by atoms with van der Waals surface area (Å²) >= 11 is 0. The van der Waals surface area contributed by atoms with Crippen LogP contribution in [-0.4, -0.2) is 55.6 Å². The number of para-hydroxylation sites is 4. The number of fused-ring (bicyclic) bond motifs is 12. The molecule has 20 rings (SSSR count). The fourth-order valence-electron chi connectivity index (χ4n) is 18.2. The highest BCUT2D eigenvalue weighted by Gasteiger charge is 2.44. The highest BCUT2D eigenvalue weighted by Crippen LogP contribution is 2.44. The van der Waals surface area contributed by atoms with Gasteiger partial charge in [0.25, 0.3) is 0 Å². The van der Waals surface area contributed by atoms with E-state index in [1.165, 1.54) is 127 Å². The molecule has 0 aliphatic carbocycles.